The SMILES string of the molecule is CCCCCCc1cnn(-c2ncccn2)c1N. The summed E-state index contributed by atoms with van der Waals surface area (Å²) >= 11 is 0. The van der Waals surface area contributed by atoms with Crippen LogP contribution < -0.4 is 5.73 Å². The second-order valence-corrected chi connectivity index (χ2v) is 4.33. The Balaban J connectivity index is 2.05. The number of nitrogen functional groups attached to an aromatic ring is 1. The zero-order valence-corrected chi connectivity index (χ0v) is 10.7. The zero-order chi connectivity index (χ0) is 12.8. The van der Waals surface area contributed by atoms with Gasteiger partial charge >= 0.3 is 0 Å². The fourth-order valence-corrected chi connectivity index (χ4v) is 1.89. The summed E-state index contributed by atoms with van der Waals surface area (Å²) in [7, 11) is 0. The maximum Gasteiger partial charge on any atom is 0.252 e. The Labute approximate surface area is 107 Å². The van der Waals surface area contributed by atoms with E-state index < -0.39 is 0 Å². The predicted molar refractivity (Wildman–Crippen MR) is 71.4 cm³/mol. The molecule has 0 saturated heterocycles. The van der Waals surface area contributed by atoms with Gasteiger partial charge in [0.15, 0.2) is 0 Å². The summed E-state index contributed by atoms with van der Waals surface area (Å²) in [5.74, 6) is 1.17. The maximum atomic E-state index is 6.07. The highest BCUT2D eigenvalue weighted by Gasteiger charge is 2.09. The lowest BCUT2D eigenvalue weighted by molar-refractivity contribution is 0.667. The number of aryl methyl sites for hydroxylation is 1. The standard InChI is InChI=1S/C13H19N5/c1-2-3-4-5-7-11-10-17-18(12(11)14)13-15-8-6-9-16-13/h6,8-10H,2-5,7,14H2,1H3. The van der Waals surface area contributed by atoms with Crippen molar-refractivity contribution in [2.75, 3.05) is 5.73 Å². The van der Waals surface area contributed by atoms with Crippen LogP contribution in [0.4, 0.5) is 5.82 Å². The molecular formula is C13H19N5. The van der Waals surface area contributed by atoms with E-state index in [2.05, 4.69) is 22.0 Å². The molecule has 0 unspecified atom stereocenters. The van der Waals surface area contributed by atoms with Crippen LogP contribution in [0.15, 0.2) is 24.7 Å². The molecular weight excluding hydrogens is 226 g/mol. The van der Waals surface area contributed by atoms with Gasteiger partial charge in [-0.3, -0.25) is 0 Å². The summed E-state index contributed by atoms with van der Waals surface area (Å²) in [4.78, 5) is 8.28. The molecule has 2 heterocycles. The summed E-state index contributed by atoms with van der Waals surface area (Å²) in [6, 6.07) is 1.77. The Morgan fingerprint density at radius 2 is 1.94 bits per heavy atom. The lowest BCUT2D eigenvalue weighted by Crippen LogP contribution is -2.06. The van der Waals surface area contributed by atoms with Crippen LogP contribution >= 0.6 is 0 Å². The van der Waals surface area contributed by atoms with Gasteiger partial charge in [0, 0.05) is 18.0 Å². The van der Waals surface area contributed by atoms with Crippen LogP contribution in [-0.4, -0.2) is 19.7 Å². The van der Waals surface area contributed by atoms with E-state index in [0.717, 1.165) is 18.4 Å². The largest absolute Gasteiger partial charge is 0.383 e. The Bertz CT molecular complexity index is 477. The molecule has 2 aromatic heterocycles. The van der Waals surface area contributed by atoms with Crippen molar-refractivity contribution in [1.82, 2.24) is 19.7 Å². The normalized spacial score (nSPS) is 10.7. The first kappa shape index (κ1) is 12.5. The van der Waals surface area contributed by atoms with Crippen LogP contribution in [0.5, 0.6) is 0 Å². The van der Waals surface area contributed by atoms with Crippen LogP contribution in [0.1, 0.15) is 38.2 Å². The molecule has 0 aromatic carbocycles. The van der Waals surface area contributed by atoms with E-state index in [1.54, 1.807) is 23.1 Å². The first-order valence-electron chi connectivity index (χ1n) is 6.42. The van der Waals surface area contributed by atoms with Crippen LogP contribution in [0.25, 0.3) is 5.95 Å². The third kappa shape index (κ3) is 2.85. The van der Waals surface area contributed by atoms with Gasteiger partial charge in [-0.15, -0.1) is 0 Å². The Morgan fingerprint density at radius 3 is 2.67 bits per heavy atom. The topological polar surface area (TPSA) is 69.6 Å². The average Bonchev–Trinajstić information content (AvgIpc) is 2.77. The van der Waals surface area contributed by atoms with Crippen molar-refractivity contribution in [3.05, 3.63) is 30.2 Å². The third-order valence-corrected chi connectivity index (χ3v) is 2.93. The van der Waals surface area contributed by atoms with Crippen LogP contribution in [0, 0.1) is 0 Å². The molecule has 96 valence electrons. The van der Waals surface area contributed by atoms with Crippen molar-refractivity contribution in [2.45, 2.75) is 39.0 Å². The molecule has 0 radical (unpaired) electrons. The number of nitrogens with zero attached hydrogens (tertiary/aromatic N) is 4. The predicted octanol–water partition coefficient (Wildman–Crippen LogP) is 2.37. The highest BCUT2D eigenvalue weighted by molar-refractivity contribution is 5.42. The molecule has 18 heavy (non-hydrogen) atoms. The fourth-order valence-electron chi connectivity index (χ4n) is 1.89. The zero-order valence-electron chi connectivity index (χ0n) is 10.7. The quantitative estimate of drug-likeness (QED) is 0.793. The van der Waals surface area contributed by atoms with E-state index in [1.807, 2.05) is 6.20 Å². The van der Waals surface area contributed by atoms with Gasteiger partial charge in [0.2, 0.25) is 0 Å². The minimum Gasteiger partial charge on any atom is -0.383 e. The third-order valence-electron chi connectivity index (χ3n) is 2.93. The fraction of sp³-hybridized carbons (Fsp3) is 0.462. The number of aromatic nitrogens is 4. The van der Waals surface area contributed by atoms with Gasteiger partial charge in [0.05, 0.1) is 6.20 Å². The number of rotatable bonds is 6. The summed E-state index contributed by atoms with van der Waals surface area (Å²) in [5.41, 5.74) is 7.15. The molecule has 5 heteroatoms. The molecule has 2 rings (SSSR count). The molecule has 0 saturated carbocycles. The lowest BCUT2D eigenvalue weighted by atomic mass is 10.1. The molecule has 0 bridgehead atoms. The smallest absolute Gasteiger partial charge is 0.252 e. The molecule has 5 nitrogen and oxygen atoms in total. The second kappa shape index (κ2) is 6.14. The van der Waals surface area contributed by atoms with Gasteiger partial charge < -0.3 is 5.73 Å². The molecule has 0 amide bonds. The van der Waals surface area contributed by atoms with Gasteiger partial charge in [0.1, 0.15) is 5.82 Å². The van der Waals surface area contributed by atoms with Crippen LogP contribution in [0.3, 0.4) is 0 Å². The van der Waals surface area contributed by atoms with E-state index in [1.165, 1.54) is 19.3 Å². The lowest BCUT2D eigenvalue weighted by Gasteiger charge is -2.03. The minimum atomic E-state index is 0.523. The van der Waals surface area contributed by atoms with Crippen molar-refractivity contribution in [1.29, 1.82) is 0 Å². The van der Waals surface area contributed by atoms with Crippen molar-refractivity contribution >= 4 is 5.82 Å². The van der Waals surface area contributed by atoms with Gasteiger partial charge in [-0.25, -0.2) is 9.97 Å². The van der Waals surface area contributed by atoms with E-state index in [4.69, 9.17) is 5.73 Å². The summed E-state index contributed by atoms with van der Waals surface area (Å²) < 4.78 is 1.59. The Kier molecular flexibility index (Phi) is 4.28. The Morgan fingerprint density at radius 1 is 1.17 bits per heavy atom. The van der Waals surface area contributed by atoms with Gasteiger partial charge in [-0.2, -0.15) is 9.78 Å². The van der Waals surface area contributed by atoms with Crippen LogP contribution in [0.2, 0.25) is 0 Å². The number of hydrogen-bond donors (Lipinski definition) is 1. The molecule has 0 atom stereocenters. The summed E-state index contributed by atoms with van der Waals surface area (Å²) in [6.07, 6.45) is 11.1. The molecule has 0 aliphatic rings. The molecule has 2 aromatic rings. The van der Waals surface area contributed by atoms with Gasteiger partial charge in [-0.1, -0.05) is 26.2 Å². The monoisotopic (exact) mass is 245 g/mol. The Hall–Kier alpha value is -1.91. The van der Waals surface area contributed by atoms with E-state index in [-0.39, 0.29) is 0 Å². The number of hydrogen-bond acceptors (Lipinski definition) is 4. The molecule has 0 aliphatic carbocycles. The van der Waals surface area contributed by atoms with E-state index in [9.17, 15) is 0 Å². The highest BCUT2D eigenvalue weighted by Crippen LogP contribution is 2.17. The second-order valence-electron chi connectivity index (χ2n) is 4.33. The molecule has 0 aliphatic heterocycles. The molecule has 0 fully saturated rings. The summed E-state index contributed by atoms with van der Waals surface area (Å²) in [5, 5.41) is 4.25. The summed E-state index contributed by atoms with van der Waals surface area (Å²) in [6.45, 7) is 2.21. The first-order valence-corrected chi connectivity index (χ1v) is 6.42. The number of unbranched alkanes of at least 4 members (excludes halogenated alkanes) is 3. The van der Waals surface area contributed by atoms with Crippen LogP contribution in [-0.2, 0) is 6.42 Å². The number of nitrogens with two attached hydrogens (primary N) is 1. The van der Waals surface area contributed by atoms with Gasteiger partial charge in [0.25, 0.3) is 5.95 Å². The first-order chi connectivity index (χ1) is 8.83. The average molecular weight is 245 g/mol. The number of anilines is 1. The molecule has 2 N–H and O–H groups in total. The van der Waals surface area contributed by atoms with Crippen molar-refractivity contribution in [2.24, 2.45) is 0 Å². The minimum absolute atomic E-state index is 0.523. The molecule has 0 spiro atoms. The maximum absolute atomic E-state index is 6.07. The van der Waals surface area contributed by atoms with Crippen molar-refractivity contribution < 1.29 is 0 Å². The highest BCUT2D eigenvalue weighted by atomic mass is 15.4. The van der Waals surface area contributed by atoms with Crippen molar-refractivity contribution in [3.63, 3.8) is 0 Å². The van der Waals surface area contributed by atoms with E-state index >= 15 is 0 Å². The van der Waals surface area contributed by atoms with Crippen molar-refractivity contribution in [3.8, 4) is 5.95 Å². The van der Waals surface area contributed by atoms with Gasteiger partial charge in [-0.05, 0) is 18.9 Å². The van der Waals surface area contributed by atoms with E-state index in [0.29, 0.717) is 11.8 Å².